The first-order valence-corrected chi connectivity index (χ1v) is 10.9. The first-order valence-electron chi connectivity index (χ1n) is 10.9. The van der Waals surface area contributed by atoms with Gasteiger partial charge in [-0.25, -0.2) is 0 Å². The average molecular weight is 459 g/mol. The SMILES string of the molecule is OC(=Cc1cccc2ccccc12)C(O)C(O)C(O)C(O)C(O)=Cc1cccc2ccccc12. The molecule has 6 nitrogen and oxygen atoms in total. The molecule has 4 aromatic rings. The van der Waals surface area contributed by atoms with Crippen LogP contribution < -0.4 is 0 Å². The zero-order valence-electron chi connectivity index (χ0n) is 18.2. The van der Waals surface area contributed by atoms with Crippen LogP contribution in [0.15, 0.2) is 96.4 Å². The van der Waals surface area contributed by atoms with Crippen LogP contribution in [0.2, 0.25) is 0 Å². The van der Waals surface area contributed by atoms with Crippen LogP contribution in [0.4, 0.5) is 0 Å². The van der Waals surface area contributed by atoms with Crippen molar-refractivity contribution in [3.63, 3.8) is 0 Å². The Kier molecular flexibility index (Phi) is 6.95. The van der Waals surface area contributed by atoms with Crippen molar-refractivity contribution in [2.45, 2.75) is 24.4 Å². The summed E-state index contributed by atoms with van der Waals surface area (Å²) in [6.45, 7) is 0. The van der Waals surface area contributed by atoms with Gasteiger partial charge in [0.2, 0.25) is 0 Å². The first-order chi connectivity index (χ1) is 16.4. The highest BCUT2D eigenvalue weighted by atomic mass is 16.4. The standard InChI is InChI=1S/C28H26O6/c29-23(15-19-11-5-9-17-7-1-3-13-21(17)19)25(31)27(33)28(34)26(32)24(30)16-20-12-6-10-18-8-2-4-14-22(18)20/h1-16,25-34H. The van der Waals surface area contributed by atoms with Crippen molar-refractivity contribution in [2.24, 2.45) is 0 Å². The van der Waals surface area contributed by atoms with Crippen LogP contribution in [-0.2, 0) is 0 Å². The molecule has 6 heteroatoms. The predicted molar refractivity (Wildman–Crippen MR) is 133 cm³/mol. The summed E-state index contributed by atoms with van der Waals surface area (Å²) in [4.78, 5) is 0. The van der Waals surface area contributed by atoms with E-state index < -0.39 is 35.9 Å². The van der Waals surface area contributed by atoms with E-state index in [0.717, 1.165) is 21.5 Å². The van der Waals surface area contributed by atoms with E-state index in [-0.39, 0.29) is 0 Å². The molecule has 0 radical (unpaired) electrons. The molecule has 0 aliphatic carbocycles. The fraction of sp³-hybridized carbons (Fsp3) is 0.143. The van der Waals surface area contributed by atoms with Crippen molar-refractivity contribution in [2.75, 3.05) is 0 Å². The normalized spacial score (nSPS) is 16.4. The van der Waals surface area contributed by atoms with Gasteiger partial charge in [-0.15, -0.1) is 0 Å². The van der Waals surface area contributed by atoms with Crippen molar-refractivity contribution >= 4 is 33.7 Å². The molecular weight excluding hydrogens is 432 g/mol. The molecule has 174 valence electrons. The lowest BCUT2D eigenvalue weighted by molar-refractivity contribution is -0.0996. The zero-order valence-corrected chi connectivity index (χ0v) is 18.2. The lowest BCUT2D eigenvalue weighted by atomic mass is 9.97. The highest BCUT2D eigenvalue weighted by Gasteiger charge is 2.34. The minimum Gasteiger partial charge on any atom is -0.509 e. The number of aliphatic hydroxyl groups is 6. The van der Waals surface area contributed by atoms with Crippen LogP contribution in [0.3, 0.4) is 0 Å². The molecule has 0 aliphatic rings. The fourth-order valence-electron chi connectivity index (χ4n) is 3.97. The van der Waals surface area contributed by atoms with Gasteiger partial charge in [-0.3, -0.25) is 0 Å². The molecule has 0 aromatic heterocycles. The van der Waals surface area contributed by atoms with Crippen molar-refractivity contribution in [3.05, 3.63) is 108 Å². The smallest absolute Gasteiger partial charge is 0.139 e. The molecule has 6 N–H and O–H groups in total. The molecule has 0 spiro atoms. The maximum atomic E-state index is 10.4. The van der Waals surface area contributed by atoms with Crippen LogP contribution in [0.25, 0.3) is 33.7 Å². The number of fused-ring (bicyclic) bond motifs is 2. The molecule has 4 unspecified atom stereocenters. The quantitative estimate of drug-likeness (QED) is 0.233. The van der Waals surface area contributed by atoms with Gasteiger partial charge < -0.3 is 30.6 Å². The summed E-state index contributed by atoms with van der Waals surface area (Å²) in [7, 11) is 0. The molecule has 0 heterocycles. The van der Waals surface area contributed by atoms with Crippen LogP contribution in [0.1, 0.15) is 11.1 Å². The second-order valence-electron chi connectivity index (χ2n) is 8.15. The number of rotatable bonds is 7. The van der Waals surface area contributed by atoms with Crippen LogP contribution in [0, 0.1) is 0 Å². The highest BCUT2D eigenvalue weighted by Crippen LogP contribution is 2.24. The minimum atomic E-state index is -1.97. The van der Waals surface area contributed by atoms with Gasteiger partial charge in [0.1, 0.15) is 35.9 Å². The Morgan fingerprint density at radius 2 is 0.853 bits per heavy atom. The lowest BCUT2D eigenvalue weighted by Crippen LogP contribution is -2.45. The molecule has 4 atom stereocenters. The Morgan fingerprint density at radius 3 is 1.26 bits per heavy atom. The third-order valence-electron chi connectivity index (χ3n) is 5.86. The van der Waals surface area contributed by atoms with Crippen molar-refractivity contribution in [3.8, 4) is 0 Å². The van der Waals surface area contributed by atoms with Gasteiger partial charge in [0.25, 0.3) is 0 Å². The number of aliphatic hydroxyl groups excluding tert-OH is 6. The second-order valence-corrected chi connectivity index (χ2v) is 8.15. The van der Waals surface area contributed by atoms with Gasteiger partial charge in [-0.2, -0.15) is 0 Å². The molecule has 0 amide bonds. The van der Waals surface area contributed by atoms with E-state index in [2.05, 4.69) is 0 Å². The maximum absolute atomic E-state index is 10.4. The van der Waals surface area contributed by atoms with E-state index in [1.807, 2.05) is 60.7 Å². The first kappa shape index (κ1) is 23.5. The van der Waals surface area contributed by atoms with E-state index in [9.17, 15) is 30.6 Å². The topological polar surface area (TPSA) is 121 Å². The largest absolute Gasteiger partial charge is 0.509 e. The van der Waals surface area contributed by atoms with Gasteiger partial charge >= 0.3 is 0 Å². The second kappa shape index (κ2) is 10.1. The Hall–Kier alpha value is -3.68. The van der Waals surface area contributed by atoms with Gasteiger partial charge in [0.15, 0.2) is 0 Å². The summed E-state index contributed by atoms with van der Waals surface area (Å²) in [5, 5.41) is 66.0. The van der Waals surface area contributed by atoms with Crippen molar-refractivity contribution in [1.29, 1.82) is 0 Å². The minimum absolute atomic E-state index is 0.590. The van der Waals surface area contributed by atoms with Gasteiger partial charge in [0.05, 0.1) is 0 Å². The van der Waals surface area contributed by atoms with Crippen molar-refractivity contribution < 1.29 is 30.6 Å². The van der Waals surface area contributed by atoms with E-state index >= 15 is 0 Å². The maximum Gasteiger partial charge on any atom is 0.139 e. The van der Waals surface area contributed by atoms with E-state index in [0.29, 0.717) is 11.1 Å². The molecule has 0 fully saturated rings. The average Bonchev–Trinajstić information content (AvgIpc) is 2.87. The number of hydrogen-bond acceptors (Lipinski definition) is 6. The van der Waals surface area contributed by atoms with Gasteiger partial charge in [0, 0.05) is 0 Å². The predicted octanol–water partition coefficient (Wildman–Crippen LogP) is 3.93. The summed E-state index contributed by atoms with van der Waals surface area (Å²) in [5.41, 5.74) is 1.21. The Morgan fingerprint density at radius 1 is 0.500 bits per heavy atom. The van der Waals surface area contributed by atoms with Crippen LogP contribution in [-0.4, -0.2) is 55.1 Å². The molecular formula is C28H26O6. The van der Waals surface area contributed by atoms with Crippen LogP contribution in [0.5, 0.6) is 0 Å². The Labute approximate surface area is 196 Å². The van der Waals surface area contributed by atoms with Crippen LogP contribution >= 0.6 is 0 Å². The van der Waals surface area contributed by atoms with E-state index in [1.54, 1.807) is 24.3 Å². The van der Waals surface area contributed by atoms with Crippen molar-refractivity contribution in [1.82, 2.24) is 0 Å². The summed E-state index contributed by atoms with van der Waals surface area (Å²) < 4.78 is 0. The molecule has 0 saturated carbocycles. The monoisotopic (exact) mass is 458 g/mol. The van der Waals surface area contributed by atoms with E-state index in [1.165, 1.54) is 12.2 Å². The number of hydrogen-bond donors (Lipinski definition) is 6. The van der Waals surface area contributed by atoms with E-state index in [4.69, 9.17) is 0 Å². The molecule has 4 aromatic carbocycles. The highest BCUT2D eigenvalue weighted by molar-refractivity contribution is 5.91. The fourth-order valence-corrected chi connectivity index (χ4v) is 3.97. The summed E-state index contributed by atoms with van der Waals surface area (Å²) in [6.07, 6.45) is -5.14. The Bertz CT molecular complexity index is 1240. The summed E-state index contributed by atoms with van der Waals surface area (Å²) in [5.74, 6) is -1.18. The molecule has 0 saturated heterocycles. The molecule has 0 aliphatic heterocycles. The zero-order chi connectivity index (χ0) is 24.2. The molecule has 4 rings (SSSR count). The summed E-state index contributed by atoms with van der Waals surface area (Å²) in [6, 6.07) is 25.8. The lowest BCUT2D eigenvalue weighted by Gasteiger charge is -2.26. The Balaban J connectivity index is 1.54. The third-order valence-corrected chi connectivity index (χ3v) is 5.86. The van der Waals surface area contributed by atoms with Gasteiger partial charge in [-0.1, -0.05) is 84.9 Å². The number of benzene rings is 4. The third kappa shape index (κ3) is 4.81. The van der Waals surface area contributed by atoms with Gasteiger partial charge in [-0.05, 0) is 44.8 Å². The molecule has 0 bridgehead atoms. The summed E-state index contributed by atoms with van der Waals surface area (Å²) >= 11 is 0. The molecule has 34 heavy (non-hydrogen) atoms.